The number of hydrogen-bond donors (Lipinski definition) is 3. The van der Waals surface area contributed by atoms with Crippen LogP contribution in [0.4, 0.5) is 11.4 Å². The molecule has 2 amide bonds. The molecular formula is C57H92N2O11Si2. The second kappa shape index (κ2) is 27.0. The number of anilines is 2. The predicted octanol–water partition coefficient (Wildman–Crippen LogP) is 12.5. The number of carbonyl (C=O) groups is 4. The van der Waals surface area contributed by atoms with Crippen LogP contribution < -0.4 is 10.6 Å². The number of amides is 2. The summed E-state index contributed by atoms with van der Waals surface area (Å²) in [5.41, 5.74) is 5.19. The van der Waals surface area contributed by atoms with Crippen molar-refractivity contribution in [1.82, 2.24) is 0 Å². The number of nitrogens with one attached hydrogen (secondary N) is 2. The minimum absolute atomic E-state index is 0.0126. The van der Waals surface area contributed by atoms with Crippen molar-refractivity contribution in [2.75, 3.05) is 23.8 Å². The summed E-state index contributed by atoms with van der Waals surface area (Å²) in [7, 11) is -2.67. The molecule has 0 aromatic heterocycles. The number of carbonyl (C=O) groups excluding carboxylic acids is 4. The van der Waals surface area contributed by atoms with Gasteiger partial charge in [0.1, 0.15) is 0 Å². The van der Waals surface area contributed by atoms with E-state index >= 15 is 0 Å². The Kier molecular flexibility index (Phi) is 23.4. The zero-order chi connectivity index (χ0) is 54.5. The van der Waals surface area contributed by atoms with Gasteiger partial charge in [0.2, 0.25) is 11.8 Å². The Bertz CT molecular complexity index is 2050. The first-order valence-electron chi connectivity index (χ1n) is 26.0. The Morgan fingerprint density at radius 3 is 1.31 bits per heavy atom. The van der Waals surface area contributed by atoms with Crippen molar-refractivity contribution in [1.29, 1.82) is 0 Å². The number of benzene rings is 2. The summed E-state index contributed by atoms with van der Waals surface area (Å²) in [4.78, 5) is 52.3. The predicted molar refractivity (Wildman–Crippen MR) is 295 cm³/mol. The summed E-state index contributed by atoms with van der Waals surface area (Å²) < 4.78 is 35.7. The van der Waals surface area contributed by atoms with E-state index in [1.54, 1.807) is 13.0 Å². The van der Waals surface area contributed by atoms with E-state index in [0.717, 1.165) is 40.8 Å². The second-order valence-electron chi connectivity index (χ2n) is 24.0. The fourth-order valence-electron chi connectivity index (χ4n) is 8.69. The SMILES string of the molecule is Cc1cc(C)c(C(=O)OCC[Si](C)(C)C)c(NC(=O)C[C@@H]2OC(C)(C)O[C@@H]2C(C)/C=C\CC(C)C)c1.Cc1cc(C)c(C(=O)OCC[Si](C)(C)C)c(NC(=O)C[C@@H]2OC(C)(C)O[C@@H]2C(C)/C=C\C[C@@H](C)O)c1. The molecule has 4 rings (SSSR count). The normalized spacial score (nSPS) is 21.0. The number of aryl methyl sites for hydroxylation is 4. The molecule has 0 bridgehead atoms. The smallest absolute Gasteiger partial charge is 0.340 e. The maximum absolute atomic E-state index is 13.2. The quantitative estimate of drug-likeness (QED) is 0.0583. The second-order valence-corrected chi connectivity index (χ2v) is 35.2. The van der Waals surface area contributed by atoms with Crippen LogP contribution >= 0.6 is 0 Å². The third-order valence-electron chi connectivity index (χ3n) is 12.3. The third-order valence-corrected chi connectivity index (χ3v) is 15.7. The van der Waals surface area contributed by atoms with Crippen LogP contribution in [0.5, 0.6) is 0 Å². The molecule has 2 unspecified atom stereocenters. The maximum Gasteiger partial charge on any atom is 0.340 e. The van der Waals surface area contributed by atoms with Gasteiger partial charge in [-0.1, -0.05) is 103 Å². The Morgan fingerprint density at radius 1 is 0.611 bits per heavy atom. The number of rotatable bonds is 22. The molecular weight excluding hydrogens is 945 g/mol. The van der Waals surface area contributed by atoms with Gasteiger partial charge in [0.15, 0.2) is 11.6 Å². The van der Waals surface area contributed by atoms with E-state index in [4.69, 9.17) is 28.4 Å². The highest BCUT2D eigenvalue weighted by Crippen LogP contribution is 2.37. The minimum Gasteiger partial charge on any atom is -0.462 e. The highest BCUT2D eigenvalue weighted by Gasteiger charge is 2.45. The van der Waals surface area contributed by atoms with Gasteiger partial charge in [-0.25, -0.2) is 9.59 Å². The van der Waals surface area contributed by atoms with E-state index in [1.165, 1.54) is 0 Å². The first-order chi connectivity index (χ1) is 33.2. The molecule has 3 N–H and O–H groups in total. The zero-order valence-electron chi connectivity index (χ0n) is 47.4. The molecule has 72 heavy (non-hydrogen) atoms. The van der Waals surface area contributed by atoms with Gasteiger partial charge in [-0.2, -0.15) is 0 Å². The fourth-order valence-corrected chi connectivity index (χ4v) is 10.1. The fraction of sp³-hybridized carbons (Fsp3) is 0.649. The van der Waals surface area contributed by atoms with Crippen LogP contribution in [0.1, 0.15) is 131 Å². The van der Waals surface area contributed by atoms with Gasteiger partial charge in [0.25, 0.3) is 0 Å². The van der Waals surface area contributed by atoms with Crippen LogP contribution in [0, 0.1) is 45.4 Å². The summed E-state index contributed by atoms with van der Waals surface area (Å²) >= 11 is 0. The van der Waals surface area contributed by atoms with Crippen molar-refractivity contribution in [2.24, 2.45) is 17.8 Å². The molecule has 15 heteroatoms. The summed E-state index contributed by atoms with van der Waals surface area (Å²) in [6.07, 6.45) is 8.19. The highest BCUT2D eigenvalue weighted by atomic mass is 28.3. The van der Waals surface area contributed by atoms with Crippen molar-refractivity contribution < 1.29 is 52.7 Å². The Balaban J connectivity index is 0.000000380. The van der Waals surface area contributed by atoms with Crippen LogP contribution in [0.15, 0.2) is 48.6 Å². The molecule has 2 heterocycles. The van der Waals surface area contributed by atoms with Crippen LogP contribution in [0.25, 0.3) is 0 Å². The lowest BCUT2D eigenvalue weighted by Gasteiger charge is -2.21. The van der Waals surface area contributed by atoms with Gasteiger partial charge in [-0.3, -0.25) is 9.59 Å². The minimum atomic E-state index is -1.34. The van der Waals surface area contributed by atoms with Gasteiger partial charge in [-0.05, 0) is 128 Å². The molecule has 2 aliphatic heterocycles. The van der Waals surface area contributed by atoms with Crippen LogP contribution in [-0.4, -0.2) is 100 Å². The largest absolute Gasteiger partial charge is 0.462 e. The Morgan fingerprint density at radius 2 is 0.972 bits per heavy atom. The molecule has 7 atom stereocenters. The van der Waals surface area contributed by atoms with E-state index in [0.29, 0.717) is 48.1 Å². The average Bonchev–Trinajstić information content (AvgIpc) is 3.68. The standard InChI is InChI=1S/C29H47NO5Si.C28H45NO6Si/c1-19(2)12-11-13-21(4)27-24(34-29(6,7)35-27)18-25(31)30-23-17-20(3)16-22(5)26(23)28(32)33-14-15-36(8,9)10;1-18-15-20(3)25(27(32)33-13-14-36(7,8)9)22(16-18)29-24(31)17-23-26(35-28(5,6)34-23)19(2)11-10-12-21(4)30/h11,13,16-17,19,21,24,27H,12,14-15,18H2,1-10H3,(H,30,31);10-11,15-16,19,21,23,26,30H,12-14,17H2,1-9H3,(H,29,31)/b13-11-;11-10-/t21?,24-,27+;19?,21-,23+,26-/m01/s1. The number of ether oxygens (including phenoxy) is 6. The first-order valence-corrected chi connectivity index (χ1v) is 33.5. The van der Waals surface area contributed by atoms with Gasteiger partial charge < -0.3 is 44.2 Å². The summed E-state index contributed by atoms with van der Waals surface area (Å²) in [6.45, 7) is 39.4. The maximum atomic E-state index is 13.2. The lowest BCUT2D eigenvalue weighted by molar-refractivity contribution is -0.150. The summed E-state index contributed by atoms with van der Waals surface area (Å²) in [5.74, 6) is -2.20. The zero-order valence-corrected chi connectivity index (χ0v) is 49.4. The highest BCUT2D eigenvalue weighted by molar-refractivity contribution is 6.76. The van der Waals surface area contributed by atoms with Gasteiger partial charge >= 0.3 is 11.9 Å². The molecule has 2 aliphatic rings. The molecule has 13 nitrogen and oxygen atoms in total. The van der Waals surface area contributed by atoms with Crippen LogP contribution in [0.3, 0.4) is 0 Å². The lowest BCUT2D eigenvalue weighted by Crippen LogP contribution is -2.32. The van der Waals surface area contributed by atoms with Gasteiger partial charge in [0, 0.05) is 28.0 Å². The number of esters is 2. The number of aliphatic hydroxyl groups is 1. The molecule has 2 fully saturated rings. The number of allylic oxidation sites excluding steroid dienone is 1. The van der Waals surface area contributed by atoms with E-state index < -0.39 is 58.0 Å². The van der Waals surface area contributed by atoms with E-state index in [9.17, 15) is 24.3 Å². The van der Waals surface area contributed by atoms with Crippen molar-refractivity contribution >= 4 is 51.3 Å². The first kappa shape index (κ1) is 62.3. The molecule has 0 saturated carbocycles. The topological polar surface area (TPSA) is 168 Å². The van der Waals surface area contributed by atoms with E-state index in [2.05, 4.69) is 82.8 Å². The molecule has 404 valence electrons. The molecule has 2 aromatic carbocycles. The lowest BCUT2D eigenvalue weighted by atomic mass is 9.96. The van der Waals surface area contributed by atoms with Crippen molar-refractivity contribution in [3.63, 3.8) is 0 Å². The van der Waals surface area contributed by atoms with Crippen LogP contribution in [0.2, 0.25) is 51.4 Å². The van der Waals surface area contributed by atoms with E-state index in [1.807, 2.05) is 92.7 Å². The third kappa shape index (κ3) is 21.5. The van der Waals surface area contributed by atoms with Gasteiger partial charge in [0.05, 0.1) is 79.1 Å². The molecule has 0 radical (unpaired) electrons. The van der Waals surface area contributed by atoms with Crippen molar-refractivity contribution in [3.05, 3.63) is 82.0 Å². The summed E-state index contributed by atoms with van der Waals surface area (Å²) in [5, 5.41) is 15.4. The summed E-state index contributed by atoms with van der Waals surface area (Å²) in [6, 6.07) is 9.25. The monoisotopic (exact) mass is 1040 g/mol. The number of hydrogen-bond acceptors (Lipinski definition) is 11. The van der Waals surface area contributed by atoms with Gasteiger partial charge in [-0.15, -0.1) is 0 Å². The molecule has 0 aliphatic carbocycles. The van der Waals surface area contributed by atoms with Crippen molar-refractivity contribution in [3.8, 4) is 0 Å². The number of aliphatic hydroxyl groups excluding tert-OH is 1. The Hall–Kier alpha value is -3.97. The average molecular weight is 1040 g/mol. The van der Waals surface area contributed by atoms with Crippen molar-refractivity contribution in [2.45, 2.75) is 209 Å². The van der Waals surface area contributed by atoms with Crippen LogP contribution in [-0.2, 0) is 38.0 Å². The van der Waals surface area contributed by atoms with E-state index in [-0.39, 0.29) is 48.7 Å². The Labute approximate surface area is 435 Å². The molecule has 2 saturated heterocycles. The molecule has 2 aromatic rings. The molecule has 0 spiro atoms.